The van der Waals surface area contributed by atoms with Crippen molar-refractivity contribution in [1.29, 1.82) is 0 Å². The van der Waals surface area contributed by atoms with Crippen molar-refractivity contribution in [1.82, 2.24) is 25.1 Å². The van der Waals surface area contributed by atoms with Crippen LogP contribution in [0.15, 0.2) is 24.3 Å². The molecule has 0 radical (unpaired) electrons. The number of carbonyl (C=O) groups is 1. The molecule has 0 spiro atoms. The molecule has 7 nitrogen and oxygen atoms in total. The van der Waals surface area contributed by atoms with E-state index in [0.717, 1.165) is 17.1 Å². The molecule has 0 saturated heterocycles. The van der Waals surface area contributed by atoms with Gasteiger partial charge in [0.2, 0.25) is 9.97 Å². The Labute approximate surface area is 137 Å². The smallest absolute Gasteiger partial charge is 0.282 e. The van der Waals surface area contributed by atoms with Crippen molar-refractivity contribution in [2.24, 2.45) is 0 Å². The molecule has 8 heteroatoms. The van der Waals surface area contributed by atoms with Crippen LogP contribution in [0.3, 0.4) is 0 Å². The number of carbonyl (C=O) groups excluding carboxylic acids is 1. The van der Waals surface area contributed by atoms with Crippen molar-refractivity contribution in [2.45, 2.75) is 26.3 Å². The number of nitrogens with zero attached hydrogens (tertiary/aromatic N) is 4. The van der Waals surface area contributed by atoms with Gasteiger partial charge in [-0.25, -0.2) is 0 Å². The molecule has 3 aromatic rings. The van der Waals surface area contributed by atoms with Crippen LogP contribution in [-0.4, -0.2) is 32.8 Å². The van der Waals surface area contributed by atoms with Crippen LogP contribution in [-0.2, 0) is 6.54 Å². The predicted octanol–water partition coefficient (Wildman–Crippen LogP) is 2.25. The number of benzene rings is 1. The molecule has 1 amide bonds. The van der Waals surface area contributed by atoms with Crippen molar-refractivity contribution in [3.05, 3.63) is 40.7 Å². The first-order valence-electron chi connectivity index (χ1n) is 7.21. The number of hydrogen-bond acceptors (Lipinski definition) is 6. The number of amides is 1. The molecule has 0 aliphatic carbocycles. The normalized spacial score (nSPS) is 11.1. The molecule has 120 valence electrons. The summed E-state index contributed by atoms with van der Waals surface area (Å²) in [6, 6.07) is 7.54. The van der Waals surface area contributed by atoms with Crippen LogP contribution >= 0.6 is 11.3 Å². The van der Waals surface area contributed by atoms with Gasteiger partial charge >= 0.3 is 0 Å². The molecule has 1 aromatic carbocycles. The Hall–Kier alpha value is -2.48. The minimum Gasteiger partial charge on any atom is -0.497 e. The first-order valence-corrected chi connectivity index (χ1v) is 8.03. The topological polar surface area (TPSA) is 81.4 Å². The van der Waals surface area contributed by atoms with Crippen LogP contribution in [0.5, 0.6) is 5.75 Å². The standard InChI is InChI=1S/C15H17N5O2S/c1-9(2)12-17-18-15-20(12)19-14(23-15)13(21)16-8-10-4-6-11(22-3)7-5-10/h4-7,9H,8H2,1-3H3,(H,16,21). The van der Waals surface area contributed by atoms with Crippen LogP contribution < -0.4 is 10.1 Å². The third-order valence-corrected chi connectivity index (χ3v) is 4.24. The fourth-order valence-electron chi connectivity index (χ4n) is 2.09. The van der Waals surface area contributed by atoms with Crippen LogP contribution in [0.1, 0.15) is 41.0 Å². The van der Waals surface area contributed by atoms with E-state index in [4.69, 9.17) is 4.74 Å². The number of hydrogen-bond donors (Lipinski definition) is 1. The summed E-state index contributed by atoms with van der Waals surface area (Å²) in [4.78, 5) is 12.9. The average Bonchev–Trinajstić information content (AvgIpc) is 3.13. The van der Waals surface area contributed by atoms with E-state index in [9.17, 15) is 4.79 Å². The van der Waals surface area contributed by atoms with Gasteiger partial charge in [0.1, 0.15) is 5.75 Å². The molecule has 0 bridgehead atoms. The summed E-state index contributed by atoms with van der Waals surface area (Å²) in [6.07, 6.45) is 0. The number of nitrogens with one attached hydrogen (secondary N) is 1. The minimum atomic E-state index is -0.217. The fraction of sp³-hybridized carbons (Fsp3) is 0.333. The summed E-state index contributed by atoms with van der Waals surface area (Å²) in [5.74, 6) is 1.52. The maximum absolute atomic E-state index is 12.2. The quantitative estimate of drug-likeness (QED) is 0.775. The summed E-state index contributed by atoms with van der Waals surface area (Å²) >= 11 is 1.23. The van der Waals surface area contributed by atoms with Gasteiger partial charge in [0.25, 0.3) is 5.91 Å². The van der Waals surface area contributed by atoms with Crippen LogP contribution in [0.2, 0.25) is 0 Å². The van der Waals surface area contributed by atoms with E-state index in [1.807, 2.05) is 38.1 Å². The van der Waals surface area contributed by atoms with E-state index in [2.05, 4.69) is 20.6 Å². The number of rotatable bonds is 5. The SMILES string of the molecule is COc1ccc(CNC(=O)c2nn3c(C(C)C)nnc3s2)cc1. The molecule has 2 aromatic heterocycles. The van der Waals surface area contributed by atoms with Crippen molar-refractivity contribution in [3.63, 3.8) is 0 Å². The van der Waals surface area contributed by atoms with Gasteiger partial charge in [-0.2, -0.15) is 4.52 Å². The first kappa shape index (κ1) is 15.4. The van der Waals surface area contributed by atoms with Crippen molar-refractivity contribution >= 4 is 22.2 Å². The number of fused-ring (bicyclic) bond motifs is 1. The highest BCUT2D eigenvalue weighted by Crippen LogP contribution is 2.18. The zero-order valence-electron chi connectivity index (χ0n) is 13.1. The van der Waals surface area contributed by atoms with Crippen molar-refractivity contribution in [2.75, 3.05) is 7.11 Å². The van der Waals surface area contributed by atoms with Gasteiger partial charge in [-0.05, 0) is 17.7 Å². The van der Waals surface area contributed by atoms with Crippen LogP contribution in [0.25, 0.3) is 4.96 Å². The van der Waals surface area contributed by atoms with Gasteiger partial charge in [-0.1, -0.05) is 37.3 Å². The largest absolute Gasteiger partial charge is 0.497 e. The third-order valence-electron chi connectivity index (χ3n) is 3.34. The van der Waals surface area contributed by atoms with Gasteiger partial charge in [-0.15, -0.1) is 15.3 Å². The lowest BCUT2D eigenvalue weighted by atomic mass is 10.2. The Bertz CT molecular complexity index is 822. The Kier molecular flexibility index (Phi) is 4.24. The lowest BCUT2D eigenvalue weighted by Crippen LogP contribution is -2.22. The monoisotopic (exact) mass is 331 g/mol. The van der Waals surface area contributed by atoms with Gasteiger partial charge in [0.15, 0.2) is 5.82 Å². The molecule has 1 N–H and O–H groups in total. The summed E-state index contributed by atoms with van der Waals surface area (Å²) in [5, 5.41) is 15.7. The molecule has 0 aliphatic rings. The molecule has 23 heavy (non-hydrogen) atoms. The maximum Gasteiger partial charge on any atom is 0.282 e. The molecular weight excluding hydrogens is 314 g/mol. The Morgan fingerprint density at radius 2 is 2.04 bits per heavy atom. The predicted molar refractivity (Wildman–Crippen MR) is 86.9 cm³/mol. The second-order valence-electron chi connectivity index (χ2n) is 5.35. The Morgan fingerprint density at radius 1 is 1.30 bits per heavy atom. The summed E-state index contributed by atoms with van der Waals surface area (Å²) < 4.78 is 6.74. The van der Waals surface area contributed by atoms with Gasteiger partial charge < -0.3 is 10.1 Å². The summed E-state index contributed by atoms with van der Waals surface area (Å²) in [7, 11) is 1.62. The molecule has 0 unspecified atom stereocenters. The average molecular weight is 331 g/mol. The number of ether oxygens (including phenoxy) is 1. The molecule has 2 heterocycles. The second kappa shape index (κ2) is 6.33. The van der Waals surface area contributed by atoms with Crippen molar-refractivity contribution < 1.29 is 9.53 Å². The highest BCUT2D eigenvalue weighted by Gasteiger charge is 2.18. The lowest BCUT2D eigenvalue weighted by Gasteiger charge is -2.04. The van der Waals surface area contributed by atoms with E-state index in [1.165, 1.54) is 11.3 Å². The van der Waals surface area contributed by atoms with Gasteiger partial charge in [0, 0.05) is 12.5 Å². The zero-order valence-corrected chi connectivity index (χ0v) is 13.9. The summed E-state index contributed by atoms with van der Waals surface area (Å²) in [5.41, 5.74) is 0.991. The van der Waals surface area contributed by atoms with Gasteiger partial charge in [0.05, 0.1) is 7.11 Å². The molecule has 3 rings (SSSR count). The second-order valence-corrected chi connectivity index (χ2v) is 6.30. The number of aromatic nitrogens is 4. The molecular formula is C15H17N5O2S. The molecule has 0 aliphatic heterocycles. The summed E-state index contributed by atoms with van der Waals surface area (Å²) in [6.45, 7) is 4.46. The zero-order chi connectivity index (χ0) is 16.4. The van der Waals surface area contributed by atoms with E-state index in [1.54, 1.807) is 11.6 Å². The van der Waals surface area contributed by atoms with Crippen molar-refractivity contribution in [3.8, 4) is 5.75 Å². The Morgan fingerprint density at radius 3 is 2.70 bits per heavy atom. The number of methoxy groups -OCH3 is 1. The van der Waals surface area contributed by atoms with E-state index in [0.29, 0.717) is 16.5 Å². The molecule has 0 saturated carbocycles. The minimum absolute atomic E-state index is 0.197. The molecule has 0 fully saturated rings. The van der Waals surface area contributed by atoms with Crippen LogP contribution in [0.4, 0.5) is 0 Å². The highest BCUT2D eigenvalue weighted by molar-refractivity contribution is 7.18. The maximum atomic E-state index is 12.2. The van der Waals surface area contributed by atoms with E-state index >= 15 is 0 Å². The Balaban J connectivity index is 1.70. The lowest BCUT2D eigenvalue weighted by molar-refractivity contribution is 0.0949. The first-order chi connectivity index (χ1) is 11.1. The van der Waals surface area contributed by atoms with Crippen LogP contribution in [0, 0.1) is 0 Å². The molecule has 0 atom stereocenters. The van der Waals surface area contributed by atoms with E-state index in [-0.39, 0.29) is 11.8 Å². The highest BCUT2D eigenvalue weighted by atomic mass is 32.1. The third kappa shape index (κ3) is 3.16. The van der Waals surface area contributed by atoms with E-state index < -0.39 is 0 Å². The fourth-order valence-corrected chi connectivity index (χ4v) is 2.85. The van der Waals surface area contributed by atoms with Gasteiger partial charge in [-0.3, -0.25) is 4.79 Å².